The van der Waals surface area contributed by atoms with Crippen LogP contribution in [0.25, 0.3) is 0 Å². The smallest absolute Gasteiger partial charge is 0.148 e. The van der Waals surface area contributed by atoms with Crippen LogP contribution in [0.15, 0.2) is 24.3 Å². The second kappa shape index (κ2) is 3.48. The van der Waals surface area contributed by atoms with Gasteiger partial charge in [0.05, 0.1) is 6.54 Å². The summed E-state index contributed by atoms with van der Waals surface area (Å²) in [4.78, 5) is 11.0. The molecule has 1 heterocycles. The van der Waals surface area contributed by atoms with Crippen LogP contribution in [-0.4, -0.2) is 12.3 Å². The third-order valence-electron chi connectivity index (χ3n) is 2.23. The Bertz CT molecular complexity index is 337. The lowest BCUT2D eigenvalue weighted by atomic mass is 10.1. The Hall–Kier alpha value is -0.860. The molecule has 1 fully saturated rings. The second-order valence-corrected chi connectivity index (χ2v) is 3.67. The van der Waals surface area contributed by atoms with Crippen LogP contribution in [-0.2, 0) is 4.79 Å². The van der Waals surface area contributed by atoms with Gasteiger partial charge in [-0.25, -0.2) is 0 Å². The van der Waals surface area contributed by atoms with E-state index in [1.807, 2.05) is 24.3 Å². The molecule has 1 aromatic rings. The Morgan fingerprint density at radius 1 is 1.46 bits per heavy atom. The highest BCUT2D eigenvalue weighted by molar-refractivity contribution is 6.30. The van der Waals surface area contributed by atoms with Crippen LogP contribution in [0, 0.1) is 0 Å². The van der Waals surface area contributed by atoms with Gasteiger partial charge in [0.1, 0.15) is 5.78 Å². The molecule has 0 bridgehead atoms. The molecule has 13 heavy (non-hydrogen) atoms. The summed E-state index contributed by atoms with van der Waals surface area (Å²) in [6.45, 7) is 0.483. The molecular weight excluding hydrogens is 186 g/mol. The van der Waals surface area contributed by atoms with E-state index in [9.17, 15) is 4.79 Å². The average Bonchev–Trinajstić information content (AvgIpc) is 2.52. The Labute approximate surface area is 81.9 Å². The van der Waals surface area contributed by atoms with E-state index in [4.69, 9.17) is 11.6 Å². The minimum atomic E-state index is 0.159. The molecule has 1 aliphatic heterocycles. The molecule has 2 nitrogen and oxygen atoms in total. The summed E-state index contributed by atoms with van der Waals surface area (Å²) in [6, 6.07) is 7.79. The summed E-state index contributed by atoms with van der Waals surface area (Å²) in [5.41, 5.74) is 1.10. The van der Waals surface area contributed by atoms with E-state index < -0.39 is 0 Å². The van der Waals surface area contributed by atoms with Crippen LogP contribution in [0.5, 0.6) is 0 Å². The molecule has 0 radical (unpaired) electrons. The number of benzene rings is 1. The van der Waals surface area contributed by atoms with Gasteiger partial charge in [-0.05, 0) is 17.7 Å². The first-order chi connectivity index (χ1) is 6.25. The first kappa shape index (κ1) is 8.73. The minimum Gasteiger partial charge on any atom is -0.303 e. The van der Waals surface area contributed by atoms with Crippen molar-refractivity contribution in [1.29, 1.82) is 0 Å². The molecule has 68 valence electrons. The molecule has 1 N–H and O–H groups in total. The van der Waals surface area contributed by atoms with E-state index >= 15 is 0 Å². The lowest BCUT2D eigenvalue weighted by Gasteiger charge is -2.08. The van der Waals surface area contributed by atoms with Crippen LogP contribution in [0.2, 0.25) is 5.02 Å². The first-order valence-electron chi connectivity index (χ1n) is 4.26. The number of hydrogen-bond acceptors (Lipinski definition) is 2. The van der Waals surface area contributed by atoms with E-state index in [1.54, 1.807) is 0 Å². The topological polar surface area (TPSA) is 29.1 Å². The molecule has 1 aliphatic rings. The van der Waals surface area contributed by atoms with Gasteiger partial charge >= 0.3 is 0 Å². The molecule has 1 atom stereocenters. The molecule has 0 saturated carbocycles. The lowest BCUT2D eigenvalue weighted by molar-refractivity contribution is -0.116. The summed E-state index contributed by atoms with van der Waals surface area (Å²) >= 11 is 5.85. The number of ketones is 1. The number of halogens is 1. The van der Waals surface area contributed by atoms with Crippen LogP contribution in [0.3, 0.4) is 0 Å². The van der Waals surface area contributed by atoms with Gasteiger partial charge in [0.2, 0.25) is 0 Å². The normalized spacial score (nSPS) is 22.2. The van der Waals surface area contributed by atoms with Crippen molar-refractivity contribution in [2.24, 2.45) is 0 Å². The fraction of sp³-hybridized carbons (Fsp3) is 0.300. The third kappa shape index (κ3) is 1.90. The zero-order valence-corrected chi connectivity index (χ0v) is 7.84. The van der Waals surface area contributed by atoms with Gasteiger partial charge in [-0.2, -0.15) is 0 Å². The fourth-order valence-corrected chi connectivity index (χ4v) is 1.77. The molecular formula is C10H10ClNO. The summed E-state index contributed by atoms with van der Waals surface area (Å²) in [5.74, 6) is 0.268. The SMILES string of the molecule is O=C1CNC(c2cccc(Cl)c2)C1. The Kier molecular flexibility index (Phi) is 2.34. The van der Waals surface area contributed by atoms with E-state index in [-0.39, 0.29) is 11.8 Å². The highest BCUT2D eigenvalue weighted by Crippen LogP contribution is 2.23. The standard InChI is InChI=1S/C10H10ClNO/c11-8-3-1-2-7(4-8)10-5-9(13)6-12-10/h1-4,10,12H,5-6H2. The van der Waals surface area contributed by atoms with Crippen LogP contribution in [0.4, 0.5) is 0 Å². The molecule has 0 aromatic heterocycles. The van der Waals surface area contributed by atoms with Gasteiger partial charge in [-0.1, -0.05) is 23.7 Å². The maximum absolute atomic E-state index is 11.0. The molecule has 3 heteroatoms. The molecule has 1 saturated heterocycles. The average molecular weight is 196 g/mol. The number of Topliss-reactive ketones (excluding diaryl/α,β-unsaturated/α-hetero) is 1. The molecule has 0 amide bonds. The molecule has 1 aromatic carbocycles. The van der Waals surface area contributed by atoms with Gasteiger partial charge < -0.3 is 5.32 Å². The summed E-state index contributed by atoms with van der Waals surface area (Å²) in [5, 5.41) is 3.86. The number of nitrogens with one attached hydrogen (secondary N) is 1. The molecule has 0 spiro atoms. The highest BCUT2D eigenvalue weighted by atomic mass is 35.5. The van der Waals surface area contributed by atoms with E-state index in [1.165, 1.54) is 0 Å². The number of rotatable bonds is 1. The molecule has 1 unspecified atom stereocenters. The number of carbonyl (C=O) groups is 1. The van der Waals surface area contributed by atoms with Crippen molar-refractivity contribution in [2.75, 3.05) is 6.54 Å². The molecule has 2 rings (SSSR count). The predicted molar refractivity (Wildman–Crippen MR) is 51.8 cm³/mol. The maximum atomic E-state index is 11.0. The zero-order chi connectivity index (χ0) is 9.26. The lowest BCUT2D eigenvalue weighted by Crippen LogP contribution is -2.13. The minimum absolute atomic E-state index is 0.159. The van der Waals surface area contributed by atoms with E-state index in [0.29, 0.717) is 13.0 Å². The van der Waals surface area contributed by atoms with Crippen molar-refractivity contribution in [3.8, 4) is 0 Å². The van der Waals surface area contributed by atoms with Crippen LogP contribution in [0.1, 0.15) is 18.0 Å². The van der Waals surface area contributed by atoms with Gasteiger partial charge in [-0.15, -0.1) is 0 Å². The van der Waals surface area contributed by atoms with Gasteiger partial charge in [-0.3, -0.25) is 4.79 Å². The predicted octanol–water partition coefficient (Wildman–Crippen LogP) is 1.94. The largest absolute Gasteiger partial charge is 0.303 e. The van der Waals surface area contributed by atoms with Crippen LogP contribution < -0.4 is 5.32 Å². The van der Waals surface area contributed by atoms with Gasteiger partial charge in [0.15, 0.2) is 0 Å². The second-order valence-electron chi connectivity index (χ2n) is 3.23. The van der Waals surface area contributed by atoms with Gasteiger partial charge in [0.25, 0.3) is 0 Å². The monoisotopic (exact) mass is 195 g/mol. The van der Waals surface area contributed by atoms with Gasteiger partial charge in [0, 0.05) is 17.5 Å². The van der Waals surface area contributed by atoms with Crippen LogP contribution >= 0.6 is 11.6 Å². The quantitative estimate of drug-likeness (QED) is 0.742. The van der Waals surface area contributed by atoms with Crippen molar-refractivity contribution < 1.29 is 4.79 Å². The Morgan fingerprint density at radius 2 is 2.31 bits per heavy atom. The number of hydrogen-bond donors (Lipinski definition) is 1. The zero-order valence-electron chi connectivity index (χ0n) is 7.09. The first-order valence-corrected chi connectivity index (χ1v) is 4.64. The van der Waals surface area contributed by atoms with Crippen molar-refractivity contribution in [3.05, 3.63) is 34.9 Å². The highest BCUT2D eigenvalue weighted by Gasteiger charge is 2.22. The van der Waals surface area contributed by atoms with Crippen molar-refractivity contribution in [1.82, 2.24) is 5.32 Å². The number of carbonyl (C=O) groups excluding carboxylic acids is 1. The summed E-state index contributed by atoms with van der Waals surface area (Å²) in [7, 11) is 0. The van der Waals surface area contributed by atoms with E-state index in [0.717, 1.165) is 10.6 Å². The third-order valence-corrected chi connectivity index (χ3v) is 2.46. The Balaban J connectivity index is 2.21. The summed E-state index contributed by atoms with van der Waals surface area (Å²) in [6.07, 6.45) is 0.584. The summed E-state index contributed by atoms with van der Waals surface area (Å²) < 4.78 is 0. The molecule has 0 aliphatic carbocycles. The maximum Gasteiger partial charge on any atom is 0.148 e. The van der Waals surface area contributed by atoms with Crippen molar-refractivity contribution in [2.45, 2.75) is 12.5 Å². The van der Waals surface area contributed by atoms with E-state index in [2.05, 4.69) is 5.32 Å². The van der Waals surface area contributed by atoms with Crippen molar-refractivity contribution in [3.63, 3.8) is 0 Å². The van der Waals surface area contributed by atoms with Crippen molar-refractivity contribution >= 4 is 17.4 Å². The Morgan fingerprint density at radius 3 is 2.92 bits per heavy atom. The fourth-order valence-electron chi connectivity index (χ4n) is 1.57.